The summed E-state index contributed by atoms with van der Waals surface area (Å²) in [6.45, 7) is 7.04. The molecule has 0 aliphatic rings. The third-order valence-corrected chi connectivity index (χ3v) is 3.77. The Morgan fingerprint density at radius 3 is 2.35 bits per heavy atom. The summed E-state index contributed by atoms with van der Waals surface area (Å²) in [5.74, 6) is 0.923. The summed E-state index contributed by atoms with van der Waals surface area (Å²) < 4.78 is 5.50. The molecular formula is C18H23NO. The highest BCUT2D eigenvalue weighted by Gasteiger charge is 2.14. The normalized spacial score (nSPS) is 12.2. The van der Waals surface area contributed by atoms with E-state index < -0.39 is 0 Å². The van der Waals surface area contributed by atoms with E-state index in [0.29, 0.717) is 6.61 Å². The van der Waals surface area contributed by atoms with Gasteiger partial charge in [-0.25, -0.2) is 0 Å². The van der Waals surface area contributed by atoms with Crippen molar-refractivity contribution in [3.05, 3.63) is 64.7 Å². The molecule has 0 aliphatic carbocycles. The summed E-state index contributed by atoms with van der Waals surface area (Å²) in [6, 6.07) is 15.0. The van der Waals surface area contributed by atoms with Gasteiger partial charge in [0.15, 0.2) is 0 Å². The third-order valence-electron chi connectivity index (χ3n) is 3.77. The lowest BCUT2D eigenvalue weighted by Crippen LogP contribution is -2.19. The van der Waals surface area contributed by atoms with Crippen LogP contribution >= 0.6 is 0 Å². The molecule has 2 aromatic rings. The van der Waals surface area contributed by atoms with E-state index in [0.717, 1.165) is 5.75 Å². The van der Waals surface area contributed by atoms with Crippen molar-refractivity contribution >= 4 is 0 Å². The van der Waals surface area contributed by atoms with Gasteiger partial charge in [0.2, 0.25) is 0 Å². The van der Waals surface area contributed by atoms with Crippen LogP contribution < -0.4 is 10.1 Å². The number of nitrogens with one attached hydrogen (secondary N) is 1. The van der Waals surface area contributed by atoms with E-state index in [1.165, 1.54) is 22.3 Å². The monoisotopic (exact) mass is 269 g/mol. The van der Waals surface area contributed by atoms with Crippen molar-refractivity contribution in [2.45, 2.75) is 26.8 Å². The number of hydrogen-bond donors (Lipinski definition) is 1. The van der Waals surface area contributed by atoms with Gasteiger partial charge in [-0.15, -0.1) is 0 Å². The van der Waals surface area contributed by atoms with Crippen molar-refractivity contribution in [3.63, 3.8) is 0 Å². The molecular weight excluding hydrogens is 246 g/mol. The van der Waals surface area contributed by atoms with Crippen LogP contribution in [-0.2, 0) is 0 Å². The van der Waals surface area contributed by atoms with Crippen LogP contribution in [0.15, 0.2) is 42.5 Å². The predicted octanol–water partition coefficient (Wildman–Crippen LogP) is 4.01. The second-order valence-corrected chi connectivity index (χ2v) is 5.01. The van der Waals surface area contributed by atoms with Gasteiger partial charge in [0, 0.05) is 0 Å². The average Bonchev–Trinajstić information content (AvgIpc) is 2.46. The quantitative estimate of drug-likeness (QED) is 0.885. The molecule has 0 saturated carbocycles. The minimum absolute atomic E-state index is 0.213. The van der Waals surface area contributed by atoms with E-state index >= 15 is 0 Å². The van der Waals surface area contributed by atoms with Gasteiger partial charge in [0.1, 0.15) is 5.75 Å². The lowest BCUT2D eigenvalue weighted by Gasteiger charge is -2.21. The van der Waals surface area contributed by atoms with Crippen molar-refractivity contribution in [1.29, 1.82) is 0 Å². The molecule has 1 atom stereocenters. The molecule has 0 aromatic heterocycles. The van der Waals surface area contributed by atoms with Crippen LogP contribution in [0.1, 0.15) is 35.2 Å². The third kappa shape index (κ3) is 3.02. The maximum Gasteiger partial charge on any atom is 0.119 e. The molecule has 0 heterocycles. The number of aryl methyl sites for hydroxylation is 1. The highest BCUT2D eigenvalue weighted by atomic mass is 16.5. The van der Waals surface area contributed by atoms with Gasteiger partial charge in [-0.2, -0.15) is 0 Å². The summed E-state index contributed by atoms with van der Waals surface area (Å²) in [5.41, 5.74) is 5.26. The smallest absolute Gasteiger partial charge is 0.119 e. The summed E-state index contributed by atoms with van der Waals surface area (Å²) in [5, 5.41) is 3.41. The second kappa shape index (κ2) is 6.58. The zero-order valence-corrected chi connectivity index (χ0v) is 12.7. The van der Waals surface area contributed by atoms with Crippen molar-refractivity contribution in [2.75, 3.05) is 13.7 Å². The Kier molecular flexibility index (Phi) is 4.80. The molecule has 0 amide bonds. The summed E-state index contributed by atoms with van der Waals surface area (Å²) in [4.78, 5) is 0. The first kappa shape index (κ1) is 14.6. The first-order valence-electron chi connectivity index (χ1n) is 7.13. The molecule has 2 heteroatoms. The van der Waals surface area contributed by atoms with Gasteiger partial charge in [0.05, 0.1) is 12.6 Å². The molecule has 1 unspecified atom stereocenters. The molecule has 0 spiro atoms. The zero-order chi connectivity index (χ0) is 14.5. The van der Waals surface area contributed by atoms with E-state index in [-0.39, 0.29) is 6.04 Å². The molecule has 106 valence electrons. The Morgan fingerprint density at radius 2 is 1.75 bits per heavy atom. The Hall–Kier alpha value is -1.80. The van der Waals surface area contributed by atoms with Gasteiger partial charge in [0.25, 0.3) is 0 Å². The number of ether oxygens (including phenoxy) is 1. The van der Waals surface area contributed by atoms with E-state index in [4.69, 9.17) is 4.74 Å². The molecule has 2 nitrogen and oxygen atoms in total. The second-order valence-electron chi connectivity index (χ2n) is 5.01. The highest BCUT2D eigenvalue weighted by Crippen LogP contribution is 2.27. The van der Waals surface area contributed by atoms with Crippen LogP contribution in [0.5, 0.6) is 5.75 Å². The number of benzene rings is 2. The van der Waals surface area contributed by atoms with E-state index in [1.807, 2.05) is 26.1 Å². The lowest BCUT2D eigenvalue weighted by molar-refractivity contribution is 0.340. The molecule has 0 aliphatic heterocycles. The number of hydrogen-bond acceptors (Lipinski definition) is 2. The fourth-order valence-electron chi connectivity index (χ4n) is 2.51. The Morgan fingerprint density at radius 1 is 1.05 bits per heavy atom. The van der Waals surface area contributed by atoms with Crippen LogP contribution in [0, 0.1) is 13.8 Å². The van der Waals surface area contributed by atoms with Crippen molar-refractivity contribution in [2.24, 2.45) is 0 Å². The van der Waals surface area contributed by atoms with E-state index in [1.54, 1.807) is 0 Å². The van der Waals surface area contributed by atoms with Crippen molar-refractivity contribution in [3.8, 4) is 5.75 Å². The minimum Gasteiger partial charge on any atom is -0.494 e. The maximum absolute atomic E-state index is 5.50. The molecule has 2 rings (SSSR count). The van der Waals surface area contributed by atoms with Gasteiger partial charge < -0.3 is 10.1 Å². The molecule has 2 aromatic carbocycles. The van der Waals surface area contributed by atoms with Crippen LogP contribution in [-0.4, -0.2) is 13.7 Å². The number of rotatable bonds is 5. The molecule has 0 bridgehead atoms. The van der Waals surface area contributed by atoms with Crippen LogP contribution in [0.4, 0.5) is 0 Å². The summed E-state index contributed by atoms with van der Waals surface area (Å²) >= 11 is 0. The van der Waals surface area contributed by atoms with Crippen LogP contribution in [0.3, 0.4) is 0 Å². The first-order valence-corrected chi connectivity index (χ1v) is 7.13. The van der Waals surface area contributed by atoms with E-state index in [9.17, 15) is 0 Å². The molecule has 20 heavy (non-hydrogen) atoms. The van der Waals surface area contributed by atoms with Gasteiger partial charge in [-0.3, -0.25) is 0 Å². The topological polar surface area (TPSA) is 21.3 Å². The summed E-state index contributed by atoms with van der Waals surface area (Å²) in [6.07, 6.45) is 0. The van der Waals surface area contributed by atoms with Gasteiger partial charge >= 0.3 is 0 Å². The summed E-state index contributed by atoms with van der Waals surface area (Å²) in [7, 11) is 2.00. The highest BCUT2D eigenvalue weighted by molar-refractivity contribution is 5.41. The molecule has 0 saturated heterocycles. The molecule has 1 N–H and O–H groups in total. The maximum atomic E-state index is 5.50. The average molecular weight is 269 g/mol. The SMILES string of the molecule is CCOc1ccc(C(NC)c2cccc(C)c2C)cc1. The lowest BCUT2D eigenvalue weighted by atomic mass is 9.93. The standard InChI is InChI=1S/C18H23NO/c1-5-20-16-11-9-15(10-12-16)18(19-4)17-8-6-7-13(2)14(17)3/h6-12,18-19H,5H2,1-4H3. The van der Waals surface area contributed by atoms with Crippen LogP contribution in [0.25, 0.3) is 0 Å². The van der Waals surface area contributed by atoms with Crippen LogP contribution in [0.2, 0.25) is 0 Å². The fourth-order valence-corrected chi connectivity index (χ4v) is 2.51. The van der Waals surface area contributed by atoms with Gasteiger partial charge in [-0.1, -0.05) is 30.3 Å². The van der Waals surface area contributed by atoms with Gasteiger partial charge in [-0.05, 0) is 62.2 Å². The fraction of sp³-hybridized carbons (Fsp3) is 0.333. The van der Waals surface area contributed by atoms with Crippen molar-refractivity contribution in [1.82, 2.24) is 5.32 Å². The Balaban J connectivity index is 2.34. The first-order chi connectivity index (χ1) is 9.67. The Bertz CT molecular complexity index is 560. The molecule has 0 radical (unpaired) electrons. The van der Waals surface area contributed by atoms with E-state index in [2.05, 4.69) is 49.5 Å². The largest absolute Gasteiger partial charge is 0.494 e. The minimum atomic E-state index is 0.213. The predicted molar refractivity (Wildman–Crippen MR) is 84.4 cm³/mol. The Labute approximate surface area is 121 Å². The zero-order valence-electron chi connectivity index (χ0n) is 12.7. The molecule has 0 fully saturated rings. The van der Waals surface area contributed by atoms with Crippen molar-refractivity contribution < 1.29 is 4.74 Å².